The Labute approximate surface area is 108 Å². The van der Waals surface area contributed by atoms with Gasteiger partial charge in [-0.15, -0.1) is 0 Å². The van der Waals surface area contributed by atoms with Crippen LogP contribution in [0.4, 0.5) is 0 Å². The first-order valence-corrected chi connectivity index (χ1v) is 5.85. The van der Waals surface area contributed by atoms with E-state index in [1.165, 1.54) is 6.07 Å². The first-order valence-electron chi connectivity index (χ1n) is 5.85. The van der Waals surface area contributed by atoms with Gasteiger partial charge in [-0.25, -0.2) is 4.79 Å². The molecule has 3 rings (SSSR count). The van der Waals surface area contributed by atoms with Crippen LogP contribution in [0.5, 0.6) is 0 Å². The number of aromatic nitrogens is 2. The zero-order chi connectivity index (χ0) is 13.6. The number of rotatable bonds is 2. The van der Waals surface area contributed by atoms with Crippen molar-refractivity contribution < 1.29 is 14.4 Å². The molecule has 0 amide bonds. The number of nitrogens with one attached hydrogen (secondary N) is 1. The van der Waals surface area contributed by atoms with Crippen molar-refractivity contribution in [1.29, 1.82) is 0 Å². The quantitative estimate of drug-likeness (QED) is 0.738. The zero-order valence-corrected chi connectivity index (χ0v) is 10.5. The van der Waals surface area contributed by atoms with Crippen molar-refractivity contribution in [3.8, 4) is 11.3 Å². The lowest BCUT2D eigenvalue weighted by Crippen LogP contribution is -1.91. The van der Waals surface area contributed by atoms with E-state index in [-0.39, 0.29) is 5.76 Å². The molecule has 0 radical (unpaired) electrons. The molecular weight excluding hydrogens is 244 g/mol. The lowest BCUT2D eigenvalue weighted by atomic mass is 10.1. The van der Waals surface area contributed by atoms with Crippen LogP contribution in [-0.4, -0.2) is 21.2 Å². The number of aromatic carboxylic acids is 1. The molecule has 0 unspecified atom stereocenters. The summed E-state index contributed by atoms with van der Waals surface area (Å²) in [6.07, 6.45) is 0. The Morgan fingerprint density at radius 2 is 2.11 bits per heavy atom. The van der Waals surface area contributed by atoms with Crippen molar-refractivity contribution in [2.75, 3.05) is 0 Å². The standard InChI is InChI=1S/C14H12N2O3/c1-7-3-4-10-9(5-7)13(8(2)15-10)11-6-12(14(17)18)19-16-11/h3-6,15H,1-2H3,(H,17,18). The topological polar surface area (TPSA) is 79.1 Å². The van der Waals surface area contributed by atoms with Crippen molar-refractivity contribution in [3.63, 3.8) is 0 Å². The maximum atomic E-state index is 10.8. The highest BCUT2D eigenvalue weighted by Crippen LogP contribution is 2.32. The van der Waals surface area contributed by atoms with Gasteiger partial charge in [0.25, 0.3) is 0 Å². The fourth-order valence-electron chi connectivity index (χ4n) is 2.26. The van der Waals surface area contributed by atoms with Crippen LogP contribution in [0.25, 0.3) is 22.2 Å². The molecule has 96 valence electrons. The summed E-state index contributed by atoms with van der Waals surface area (Å²) in [5.41, 5.74) is 4.49. The number of hydrogen-bond acceptors (Lipinski definition) is 3. The summed E-state index contributed by atoms with van der Waals surface area (Å²) < 4.78 is 4.82. The molecule has 0 aliphatic heterocycles. The molecule has 0 atom stereocenters. The largest absolute Gasteiger partial charge is 0.475 e. The van der Waals surface area contributed by atoms with Crippen LogP contribution in [-0.2, 0) is 0 Å². The van der Waals surface area contributed by atoms with Crippen LogP contribution >= 0.6 is 0 Å². The van der Waals surface area contributed by atoms with Gasteiger partial charge in [-0.05, 0) is 26.0 Å². The summed E-state index contributed by atoms with van der Waals surface area (Å²) in [5, 5.41) is 13.7. The van der Waals surface area contributed by atoms with Gasteiger partial charge in [0.15, 0.2) is 0 Å². The number of benzene rings is 1. The predicted molar refractivity (Wildman–Crippen MR) is 70.2 cm³/mol. The van der Waals surface area contributed by atoms with E-state index >= 15 is 0 Å². The molecule has 2 N–H and O–H groups in total. The van der Waals surface area contributed by atoms with E-state index in [1.54, 1.807) is 0 Å². The normalized spacial score (nSPS) is 11.1. The molecule has 2 aromatic heterocycles. The summed E-state index contributed by atoms with van der Waals surface area (Å²) in [7, 11) is 0. The molecule has 5 nitrogen and oxygen atoms in total. The molecule has 0 spiro atoms. The van der Waals surface area contributed by atoms with Crippen LogP contribution in [0, 0.1) is 13.8 Å². The van der Waals surface area contributed by atoms with Crippen LogP contribution < -0.4 is 0 Å². The third-order valence-electron chi connectivity index (χ3n) is 3.12. The van der Waals surface area contributed by atoms with E-state index in [2.05, 4.69) is 10.1 Å². The summed E-state index contributed by atoms with van der Waals surface area (Å²) in [6, 6.07) is 7.51. The Kier molecular flexibility index (Phi) is 2.41. The van der Waals surface area contributed by atoms with Gasteiger partial charge in [-0.1, -0.05) is 16.8 Å². The number of carboxylic acids is 1. The number of nitrogens with zero attached hydrogens (tertiary/aromatic N) is 1. The van der Waals surface area contributed by atoms with E-state index in [9.17, 15) is 4.79 Å². The van der Waals surface area contributed by atoms with E-state index < -0.39 is 5.97 Å². The summed E-state index contributed by atoms with van der Waals surface area (Å²) in [4.78, 5) is 14.1. The molecule has 19 heavy (non-hydrogen) atoms. The molecular formula is C14H12N2O3. The molecule has 0 aliphatic rings. The average Bonchev–Trinajstić information content (AvgIpc) is 2.92. The van der Waals surface area contributed by atoms with Gasteiger partial charge in [0.2, 0.25) is 5.76 Å². The van der Waals surface area contributed by atoms with Crippen molar-refractivity contribution >= 4 is 16.9 Å². The van der Waals surface area contributed by atoms with Gasteiger partial charge in [0, 0.05) is 28.2 Å². The van der Waals surface area contributed by atoms with Crippen molar-refractivity contribution in [1.82, 2.24) is 10.1 Å². The van der Waals surface area contributed by atoms with Crippen molar-refractivity contribution in [2.45, 2.75) is 13.8 Å². The van der Waals surface area contributed by atoms with Crippen LogP contribution in [0.2, 0.25) is 0 Å². The Balaban J connectivity index is 2.25. The Bertz CT molecular complexity index is 783. The molecule has 0 aliphatic carbocycles. The van der Waals surface area contributed by atoms with Crippen molar-refractivity contribution in [3.05, 3.63) is 41.3 Å². The molecule has 0 saturated heterocycles. The molecule has 0 saturated carbocycles. The second-order valence-electron chi connectivity index (χ2n) is 4.56. The van der Waals surface area contributed by atoms with Crippen molar-refractivity contribution in [2.24, 2.45) is 0 Å². The van der Waals surface area contributed by atoms with Crippen LogP contribution in [0.3, 0.4) is 0 Å². The number of fused-ring (bicyclic) bond motifs is 1. The summed E-state index contributed by atoms with van der Waals surface area (Å²) in [5.74, 6) is -1.27. The highest BCUT2D eigenvalue weighted by Gasteiger charge is 2.17. The maximum Gasteiger partial charge on any atom is 0.374 e. The first kappa shape index (κ1) is 11.5. The Morgan fingerprint density at radius 1 is 1.32 bits per heavy atom. The van der Waals surface area contributed by atoms with E-state index in [0.717, 1.165) is 27.7 Å². The maximum absolute atomic E-state index is 10.8. The molecule has 2 heterocycles. The number of carbonyl (C=O) groups is 1. The van der Waals surface area contributed by atoms with E-state index in [4.69, 9.17) is 9.63 Å². The van der Waals surface area contributed by atoms with Crippen LogP contribution in [0.15, 0.2) is 28.8 Å². The number of aromatic amines is 1. The lowest BCUT2D eigenvalue weighted by Gasteiger charge is -1.96. The third-order valence-corrected chi connectivity index (χ3v) is 3.12. The minimum atomic E-state index is -1.12. The van der Waals surface area contributed by atoms with E-state index in [0.29, 0.717) is 5.69 Å². The van der Waals surface area contributed by atoms with Gasteiger partial charge in [-0.3, -0.25) is 0 Å². The smallest absolute Gasteiger partial charge is 0.374 e. The number of H-pyrrole nitrogens is 1. The second-order valence-corrected chi connectivity index (χ2v) is 4.56. The Hall–Kier alpha value is -2.56. The number of hydrogen-bond donors (Lipinski definition) is 2. The lowest BCUT2D eigenvalue weighted by molar-refractivity contribution is 0.0652. The summed E-state index contributed by atoms with van der Waals surface area (Å²) >= 11 is 0. The fourth-order valence-corrected chi connectivity index (χ4v) is 2.26. The number of carboxylic acid groups (broad SMARTS) is 1. The fraction of sp³-hybridized carbons (Fsp3) is 0.143. The number of aryl methyl sites for hydroxylation is 2. The molecule has 1 aromatic carbocycles. The second kappa shape index (κ2) is 3.98. The third kappa shape index (κ3) is 1.79. The Morgan fingerprint density at radius 3 is 2.79 bits per heavy atom. The SMILES string of the molecule is Cc1ccc2[nH]c(C)c(-c3cc(C(=O)O)on3)c2c1. The average molecular weight is 256 g/mol. The van der Waals surface area contributed by atoms with Crippen LogP contribution in [0.1, 0.15) is 21.8 Å². The molecule has 5 heteroatoms. The highest BCUT2D eigenvalue weighted by molar-refractivity contribution is 5.97. The first-order chi connectivity index (χ1) is 9.06. The summed E-state index contributed by atoms with van der Waals surface area (Å²) in [6.45, 7) is 3.94. The van der Waals surface area contributed by atoms with Gasteiger partial charge < -0.3 is 14.6 Å². The van der Waals surface area contributed by atoms with Gasteiger partial charge in [0.05, 0.1) is 0 Å². The van der Waals surface area contributed by atoms with Gasteiger partial charge in [-0.2, -0.15) is 0 Å². The van der Waals surface area contributed by atoms with Gasteiger partial charge in [0.1, 0.15) is 5.69 Å². The monoisotopic (exact) mass is 256 g/mol. The molecule has 0 bridgehead atoms. The molecule has 0 fully saturated rings. The predicted octanol–water partition coefficient (Wildman–Crippen LogP) is 3.14. The molecule has 3 aromatic rings. The minimum Gasteiger partial charge on any atom is -0.475 e. The van der Waals surface area contributed by atoms with Gasteiger partial charge >= 0.3 is 5.97 Å². The minimum absolute atomic E-state index is 0.156. The highest BCUT2D eigenvalue weighted by atomic mass is 16.5. The zero-order valence-electron chi connectivity index (χ0n) is 10.5. The van der Waals surface area contributed by atoms with E-state index in [1.807, 2.05) is 32.0 Å².